The molecule has 1 aliphatic heterocycles. The first-order valence-corrected chi connectivity index (χ1v) is 20.0. The average molecular weight is 773 g/mol. The minimum Gasteiger partial charge on any atom is -0.379 e. The quantitative estimate of drug-likeness (QED) is 0.0848. The highest BCUT2D eigenvalue weighted by atomic mass is 16.6. The number of ether oxygens (including phenoxy) is 4. The van der Waals surface area contributed by atoms with Crippen LogP contribution < -0.4 is 5.32 Å². The van der Waals surface area contributed by atoms with Crippen molar-refractivity contribution >= 4 is 40.7 Å². The highest BCUT2D eigenvalue weighted by Crippen LogP contribution is 2.31. The van der Waals surface area contributed by atoms with Crippen LogP contribution in [0.5, 0.6) is 0 Å². The standard InChI is InChI=1S/C42H64N2O11/c1-7-31(8-2)41(50)34-11-13-35(14-12-34)42(51)43-16-18-53-20-22-55-24-23-54-21-19-52-17-15-40(49)44-27-36(38(47)25-32(9-3)29(5)45)37(28-44)39(48)26-33(10-4)30(6)46/h11-14,31-33,36-37H,7-10,15-28H2,1-6H3,(H,43,51). The van der Waals surface area contributed by atoms with Crippen LogP contribution in [-0.2, 0) is 42.9 Å². The molecule has 0 saturated carbocycles. The van der Waals surface area contributed by atoms with Crippen molar-refractivity contribution in [1.82, 2.24) is 10.2 Å². The summed E-state index contributed by atoms with van der Waals surface area (Å²) < 4.78 is 22.1. The van der Waals surface area contributed by atoms with Gasteiger partial charge in [0.1, 0.15) is 23.1 Å². The van der Waals surface area contributed by atoms with Crippen molar-refractivity contribution in [3.05, 3.63) is 35.4 Å². The van der Waals surface area contributed by atoms with Crippen LogP contribution in [0.15, 0.2) is 24.3 Å². The number of benzene rings is 1. The van der Waals surface area contributed by atoms with E-state index in [4.69, 9.17) is 18.9 Å². The van der Waals surface area contributed by atoms with E-state index in [1.54, 1.807) is 24.3 Å². The van der Waals surface area contributed by atoms with Gasteiger partial charge in [-0.25, -0.2) is 0 Å². The molecule has 2 amide bonds. The molecule has 1 aromatic carbocycles. The van der Waals surface area contributed by atoms with E-state index in [9.17, 15) is 33.6 Å². The van der Waals surface area contributed by atoms with Crippen LogP contribution in [-0.4, -0.2) is 118 Å². The predicted molar refractivity (Wildman–Crippen MR) is 207 cm³/mol. The minimum absolute atomic E-state index is 0.00211. The van der Waals surface area contributed by atoms with E-state index in [1.165, 1.54) is 18.7 Å². The molecule has 0 spiro atoms. The van der Waals surface area contributed by atoms with Crippen LogP contribution in [0.4, 0.5) is 0 Å². The normalized spacial score (nSPS) is 16.5. The van der Waals surface area contributed by atoms with E-state index < -0.39 is 23.7 Å². The molecule has 1 saturated heterocycles. The third kappa shape index (κ3) is 16.5. The van der Waals surface area contributed by atoms with E-state index in [0.29, 0.717) is 70.2 Å². The lowest BCUT2D eigenvalue weighted by molar-refractivity contribution is -0.134. The molecule has 1 heterocycles. The van der Waals surface area contributed by atoms with Gasteiger partial charge in [-0.05, 0) is 51.7 Å². The topological polar surface area (TPSA) is 172 Å². The molecule has 13 nitrogen and oxygen atoms in total. The summed E-state index contributed by atoms with van der Waals surface area (Å²) in [7, 11) is 0. The molecule has 55 heavy (non-hydrogen) atoms. The van der Waals surface area contributed by atoms with Crippen LogP contribution in [0.3, 0.4) is 0 Å². The fourth-order valence-electron chi connectivity index (χ4n) is 6.70. The summed E-state index contributed by atoms with van der Waals surface area (Å²) >= 11 is 0. The molecular weight excluding hydrogens is 708 g/mol. The number of amides is 2. The van der Waals surface area contributed by atoms with Gasteiger partial charge in [-0.2, -0.15) is 0 Å². The molecular formula is C42H64N2O11. The van der Waals surface area contributed by atoms with Gasteiger partial charge in [0.2, 0.25) is 5.91 Å². The number of ketones is 5. The smallest absolute Gasteiger partial charge is 0.251 e. The van der Waals surface area contributed by atoms with Gasteiger partial charge < -0.3 is 29.2 Å². The Morgan fingerprint density at radius 3 is 1.42 bits per heavy atom. The number of nitrogens with zero attached hydrogens (tertiary/aromatic N) is 1. The minimum atomic E-state index is -0.696. The molecule has 2 rings (SSSR count). The summed E-state index contributed by atoms with van der Waals surface area (Å²) in [5, 5.41) is 2.80. The van der Waals surface area contributed by atoms with Gasteiger partial charge in [-0.3, -0.25) is 33.6 Å². The Hall–Kier alpha value is -3.65. The van der Waals surface area contributed by atoms with Gasteiger partial charge in [-0.15, -0.1) is 0 Å². The van der Waals surface area contributed by atoms with E-state index in [0.717, 1.165) is 12.8 Å². The van der Waals surface area contributed by atoms with Crippen molar-refractivity contribution in [2.75, 3.05) is 72.5 Å². The van der Waals surface area contributed by atoms with Gasteiger partial charge in [0.25, 0.3) is 5.91 Å². The number of nitrogens with one attached hydrogen (secondary N) is 1. The molecule has 0 bridgehead atoms. The van der Waals surface area contributed by atoms with Crippen LogP contribution in [0.1, 0.15) is 107 Å². The zero-order valence-electron chi connectivity index (χ0n) is 33.9. The molecule has 4 atom stereocenters. The number of carbonyl (C=O) groups excluding carboxylic acids is 7. The molecule has 0 radical (unpaired) electrons. The number of Topliss-reactive ketones (excluding diaryl/α,β-unsaturated/α-hetero) is 5. The fourth-order valence-corrected chi connectivity index (χ4v) is 6.70. The zero-order chi connectivity index (χ0) is 40.8. The molecule has 0 aromatic heterocycles. The Labute approximate surface area is 326 Å². The summed E-state index contributed by atoms with van der Waals surface area (Å²) in [6, 6.07) is 6.72. The molecule has 1 aromatic rings. The summed E-state index contributed by atoms with van der Waals surface area (Å²) in [6.07, 6.45) is 2.78. The van der Waals surface area contributed by atoms with Gasteiger partial charge in [0.15, 0.2) is 5.78 Å². The van der Waals surface area contributed by atoms with Crippen LogP contribution in [0, 0.1) is 29.6 Å². The Bertz CT molecular complexity index is 1350. The van der Waals surface area contributed by atoms with Gasteiger partial charge in [0, 0.05) is 73.2 Å². The number of hydrogen-bond donors (Lipinski definition) is 1. The average Bonchev–Trinajstić information content (AvgIpc) is 3.63. The number of likely N-dealkylation sites (tertiary alicyclic amines) is 1. The first kappa shape index (κ1) is 47.5. The zero-order valence-corrected chi connectivity index (χ0v) is 33.9. The molecule has 1 aliphatic rings. The van der Waals surface area contributed by atoms with Gasteiger partial charge in [0.05, 0.1) is 59.3 Å². The molecule has 4 unspecified atom stereocenters. The third-order valence-electron chi connectivity index (χ3n) is 10.4. The Morgan fingerprint density at radius 1 is 0.600 bits per heavy atom. The van der Waals surface area contributed by atoms with Crippen molar-refractivity contribution in [1.29, 1.82) is 0 Å². The Balaban J connectivity index is 1.58. The summed E-state index contributed by atoms with van der Waals surface area (Å²) in [5.74, 6) is -3.11. The van der Waals surface area contributed by atoms with Crippen molar-refractivity contribution in [2.45, 2.75) is 86.5 Å². The maximum Gasteiger partial charge on any atom is 0.251 e. The lowest BCUT2D eigenvalue weighted by Gasteiger charge is -2.20. The molecule has 1 N–H and O–H groups in total. The predicted octanol–water partition coefficient (Wildman–Crippen LogP) is 4.72. The second-order valence-corrected chi connectivity index (χ2v) is 14.2. The van der Waals surface area contributed by atoms with E-state index in [1.807, 2.05) is 27.7 Å². The second kappa shape index (κ2) is 26.2. The van der Waals surface area contributed by atoms with Crippen molar-refractivity contribution in [3.63, 3.8) is 0 Å². The number of carbonyl (C=O) groups is 7. The van der Waals surface area contributed by atoms with E-state index >= 15 is 0 Å². The maximum absolute atomic E-state index is 13.3. The second-order valence-electron chi connectivity index (χ2n) is 14.2. The van der Waals surface area contributed by atoms with Gasteiger partial charge >= 0.3 is 0 Å². The third-order valence-corrected chi connectivity index (χ3v) is 10.4. The summed E-state index contributed by atoms with van der Waals surface area (Å²) in [6.45, 7) is 13.7. The molecule has 308 valence electrons. The van der Waals surface area contributed by atoms with Crippen LogP contribution in [0.2, 0.25) is 0 Å². The lowest BCUT2D eigenvalue weighted by Crippen LogP contribution is -2.32. The van der Waals surface area contributed by atoms with E-state index in [2.05, 4.69) is 5.32 Å². The lowest BCUT2D eigenvalue weighted by atomic mass is 9.80. The number of hydrogen-bond acceptors (Lipinski definition) is 11. The van der Waals surface area contributed by atoms with E-state index in [-0.39, 0.29) is 92.2 Å². The first-order chi connectivity index (χ1) is 26.4. The van der Waals surface area contributed by atoms with Crippen molar-refractivity contribution < 1.29 is 52.5 Å². The molecule has 0 aliphatic carbocycles. The summed E-state index contributed by atoms with van der Waals surface area (Å²) in [4.78, 5) is 90.1. The van der Waals surface area contributed by atoms with Gasteiger partial charge in [-0.1, -0.05) is 39.8 Å². The maximum atomic E-state index is 13.3. The van der Waals surface area contributed by atoms with Crippen molar-refractivity contribution in [2.24, 2.45) is 29.6 Å². The van der Waals surface area contributed by atoms with Crippen molar-refractivity contribution in [3.8, 4) is 0 Å². The molecule has 1 fully saturated rings. The fraction of sp³-hybridized carbons (Fsp3) is 0.690. The number of rotatable bonds is 30. The Morgan fingerprint density at radius 2 is 1.00 bits per heavy atom. The SMILES string of the molecule is CCC(CC(=O)C1CN(C(=O)CCOCCOCCOCCOCCNC(=O)c2ccc(C(=O)C(CC)CC)cc2)CC1C(=O)CC(CC)C(C)=O)C(C)=O. The van der Waals surface area contributed by atoms with Crippen LogP contribution >= 0.6 is 0 Å². The Kier molecular flexibility index (Phi) is 22.7. The highest BCUT2D eigenvalue weighted by Gasteiger charge is 2.43. The largest absolute Gasteiger partial charge is 0.379 e. The summed E-state index contributed by atoms with van der Waals surface area (Å²) in [5.41, 5.74) is 1.10. The molecule has 13 heteroatoms. The highest BCUT2D eigenvalue weighted by molar-refractivity contribution is 6.00. The first-order valence-electron chi connectivity index (χ1n) is 20.0. The van der Waals surface area contributed by atoms with Crippen LogP contribution in [0.25, 0.3) is 0 Å². The monoisotopic (exact) mass is 772 g/mol.